The summed E-state index contributed by atoms with van der Waals surface area (Å²) in [6.07, 6.45) is 3.71. The zero-order valence-corrected chi connectivity index (χ0v) is 10.4. The molecule has 0 amide bonds. The molecule has 6 heteroatoms. The van der Waals surface area contributed by atoms with Crippen molar-refractivity contribution >= 4 is 34.9 Å². The summed E-state index contributed by atoms with van der Waals surface area (Å²) in [6, 6.07) is 1.70. The molecule has 3 N–H and O–H groups in total. The summed E-state index contributed by atoms with van der Waals surface area (Å²) in [4.78, 5) is 8.55. The van der Waals surface area contributed by atoms with Gasteiger partial charge in [0.1, 0.15) is 10.7 Å². The minimum absolute atomic E-state index is 0.290. The molecule has 1 heterocycles. The summed E-state index contributed by atoms with van der Waals surface area (Å²) in [6.45, 7) is 2.96. The number of nitrogens with one attached hydrogen (secondary N) is 1. The molecule has 0 fully saturated rings. The van der Waals surface area contributed by atoms with Crippen LogP contribution in [-0.2, 0) is 0 Å². The molecule has 1 atom stereocenters. The molecule has 1 aromatic rings. The van der Waals surface area contributed by atoms with E-state index in [4.69, 9.17) is 18.0 Å². The fourth-order valence-electron chi connectivity index (χ4n) is 0.899. The van der Waals surface area contributed by atoms with Gasteiger partial charge >= 0.3 is 0 Å². The molecule has 0 bridgehead atoms. The SMILES string of the molecule is CSC(C)CNc1nccc(C(N)=S)n1. The van der Waals surface area contributed by atoms with Gasteiger partial charge in [-0.1, -0.05) is 19.1 Å². The van der Waals surface area contributed by atoms with E-state index in [1.807, 2.05) is 0 Å². The lowest BCUT2D eigenvalue weighted by Crippen LogP contribution is -2.17. The standard InChI is InChI=1S/C9H14N4S2/c1-6(15-2)5-12-9-11-4-3-7(13-9)8(10)14/h3-4,6H,5H2,1-2H3,(H2,10,14)(H,11,12,13). The van der Waals surface area contributed by atoms with Crippen molar-refractivity contribution in [1.29, 1.82) is 0 Å². The van der Waals surface area contributed by atoms with Gasteiger partial charge in [0, 0.05) is 18.0 Å². The van der Waals surface area contributed by atoms with Crippen molar-refractivity contribution in [3.05, 3.63) is 18.0 Å². The topological polar surface area (TPSA) is 63.8 Å². The van der Waals surface area contributed by atoms with Crippen molar-refractivity contribution in [2.24, 2.45) is 5.73 Å². The molecule has 0 aliphatic carbocycles. The van der Waals surface area contributed by atoms with Gasteiger partial charge in [0.15, 0.2) is 0 Å². The Kier molecular flexibility index (Phi) is 4.77. The quantitative estimate of drug-likeness (QED) is 0.758. The summed E-state index contributed by atoms with van der Waals surface area (Å²) in [5.74, 6) is 0.571. The molecule has 0 saturated carbocycles. The molecule has 1 aromatic heterocycles. The highest BCUT2D eigenvalue weighted by molar-refractivity contribution is 7.99. The first-order valence-electron chi connectivity index (χ1n) is 4.53. The van der Waals surface area contributed by atoms with Crippen molar-refractivity contribution in [3.8, 4) is 0 Å². The van der Waals surface area contributed by atoms with Crippen LogP contribution in [0, 0.1) is 0 Å². The minimum atomic E-state index is 0.290. The molecule has 4 nitrogen and oxygen atoms in total. The first-order chi connectivity index (χ1) is 7.13. The average Bonchev–Trinajstić information content (AvgIpc) is 2.26. The maximum absolute atomic E-state index is 5.47. The van der Waals surface area contributed by atoms with Crippen molar-refractivity contribution in [1.82, 2.24) is 9.97 Å². The molecule has 1 unspecified atom stereocenters. The number of nitrogens with zero attached hydrogens (tertiary/aromatic N) is 2. The van der Waals surface area contributed by atoms with E-state index in [-0.39, 0.29) is 0 Å². The summed E-state index contributed by atoms with van der Waals surface area (Å²) in [5.41, 5.74) is 6.07. The summed E-state index contributed by atoms with van der Waals surface area (Å²) >= 11 is 6.62. The molecular formula is C9H14N4S2. The van der Waals surface area contributed by atoms with Gasteiger partial charge < -0.3 is 11.1 Å². The number of rotatable bonds is 5. The van der Waals surface area contributed by atoms with E-state index in [9.17, 15) is 0 Å². The zero-order valence-electron chi connectivity index (χ0n) is 8.73. The third-order valence-electron chi connectivity index (χ3n) is 1.86. The van der Waals surface area contributed by atoms with Crippen LogP contribution in [0.25, 0.3) is 0 Å². The van der Waals surface area contributed by atoms with E-state index < -0.39 is 0 Å². The maximum Gasteiger partial charge on any atom is 0.223 e. The normalized spacial score (nSPS) is 12.1. The zero-order chi connectivity index (χ0) is 11.3. The van der Waals surface area contributed by atoms with Gasteiger partial charge in [-0.3, -0.25) is 0 Å². The summed E-state index contributed by atoms with van der Waals surface area (Å²) < 4.78 is 0. The van der Waals surface area contributed by atoms with Gasteiger partial charge in [-0.05, 0) is 12.3 Å². The van der Waals surface area contributed by atoms with Gasteiger partial charge in [0.05, 0.1) is 0 Å². The molecule has 0 aliphatic heterocycles. The third-order valence-corrected chi connectivity index (χ3v) is 3.04. The van der Waals surface area contributed by atoms with Gasteiger partial charge in [-0.25, -0.2) is 9.97 Å². The highest BCUT2D eigenvalue weighted by atomic mass is 32.2. The molecule has 0 saturated heterocycles. The second kappa shape index (κ2) is 5.87. The van der Waals surface area contributed by atoms with Crippen LogP contribution in [0.5, 0.6) is 0 Å². The van der Waals surface area contributed by atoms with Gasteiger partial charge in [0.2, 0.25) is 5.95 Å². The van der Waals surface area contributed by atoms with Crippen LogP contribution in [0.1, 0.15) is 12.6 Å². The second-order valence-corrected chi connectivity index (χ2v) is 4.77. The first kappa shape index (κ1) is 12.2. The Balaban J connectivity index is 2.62. The number of thioether (sulfide) groups is 1. The highest BCUT2D eigenvalue weighted by Gasteiger charge is 2.03. The smallest absolute Gasteiger partial charge is 0.223 e. The monoisotopic (exact) mass is 242 g/mol. The molecule has 1 rings (SSSR count). The van der Waals surface area contributed by atoms with Crippen molar-refractivity contribution < 1.29 is 0 Å². The number of thiocarbonyl (C=S) groups is 1. The largest absolute Gasteiger partial charge is 0.388 e. The number of hydrogen-bond donors (Lipinski definition) is 2. The Morgan fingerprint density at radius 1 is 1.73 bits per heavy atom. The second-order valence-electron chi connectivity index (χ2n) is 3.06. The molecule has 82 valence electrons. The average molecular weight is 242 g/mol. The first-order valence-corrected chi connectivity index (χ1v) is 6.22. The maximum atomic E-state index is 5.47. The van der Waals surface area contributed by atoms with Gasteiger partial charge in [-0.15, -0.1) is 0 Å². The van der Waals surface area contributed by atoms with Crippen LogP contribution in [0.3, 0.4) is 0 Å². The summed E-state index contributed by atoms with van der Waals surface area (Å²) in [7, 11) is 0. The minimum Gasteiger partial charge on any atom is -0.388 e. The predicted octanol–water partition coefficient (Wildman–Crippen LogP) is 1.27. The van der Waals surface area contributed by atoms with Crippen molar-refractivity contribution in [2.75, 3.05) is 18.1 Å². The summed E-state index contributed by atoms with van der Waals surface area (Å²) in [5, 5.41) is 3.65. The molecule has 0 aliphatic rings. The number of anilines is 1. The molecule has 15 heavy (non-hydrogen) atoms. The van der Waals surface area contributed by atoms with E-state index in [1.165, 1.54) is 0 Å². The lowest BCUT2D eigenvalue weighted by Gasteiger charge is -2.09. The van der Waals surface area contributed by atoms with Gasteiger partial charge in [-0.2, -0.15) is 11.8 Å². The predicted molar refractivity (Wildman–Crippen MR) is 69.4 cm³/mol. The van der Waals surface area contributed by atoms with E-state index >= 15 is 0 Å². The number of aromatic nitrogens is 2. The van der Waals surface area contributed by atoms with Crippen molar-refractivity contribution in [3.63, 3.8) is 0 Å². The molecular weight excluding hydrogens is 228 g/mol. The Hall–Kier alpha value is -0.880. The number of nitrogens with two attached hydrogens (primary N) is 1. The van der Waals surface area contributed by atoms with Crippen molar-refractivity contribution in [2.45, 2.75) is 12.2 Å². The Bertz CT molecular complexity index is 343. The third kappa shape index (κ3) is 4.01. The Morgan fingerprint density at radius 2 is 2.47 bits per heavy atom. The molecule has 0 aromatic carbocycles. The number of hydrogen-bond acceptors (Lipinski definition) is 5. The van der Waals surface area contributed by atoms with Crippen LogP contribution in [0.2, 0.25) is 0 Å². The lowest BCUT2D eigenvalue weighted by molar-refractivity contribution is 0.970. The van der Waals surface area contributed by atoms with E-state index in [2.05, 4.69) is 28.5 Å². The fourth-order valence-corrected chi connectivity index (χ4v) is 1.26. The molecule has 0 radical (unpaired) electrons. The van der Waals surface area contributed by atoms with Crippen LogP contribution in [0.4, 0.5) is 5.95 Å². The highest BCUT2D eigenvalue weighted by Crippen LogP contribution is 2.06. The van der Waals surface area contributed by atoms with E-state index in [0.717, 1.165) is 6.54 Å². The van der Waals surface area contributed by atoms with Crippen LogP contribution in [0.15, 0.2) is 12.3 Å². The van der Waals surface area contributed by atoms with E-state index in [0.29, 0.717) is 21.9 Å². The fraction of sp³-hybridized carbons (Fsp3) is 0.444. The Morgan fingerprint density at radius 3 is 3.07 bits per heavy atom. The lowest BCUT2D eigenvalue weighted by atomic mass is 10.4. The van der Waals surface area contributed by atoms with E-state index in [1.54, 1.807) is 24.0 Å². The van der Waals surface area contributed by atoms with Gasteiger partial charge in [0.25, 0.3) is 0 Å². The van der Waals surface area contributed by atoms with Crippen LogP contribution >= 0.6 is 24.0 Å². The molecule has 0 spiro atoms. The Labute approximate surface area is 99.1 Å². The van der Waals surface area contributed by atoms with Crippen LogP contribution in [-0.4, -0.2) is 33.0 Å². The van der Waals surface area contributed by atoms with Crippen LogP contribution < -0.4 is 11.1 Å².